The highest BCUT2D eigenvalue weighted by molar-refractivity contribution is 5.85. The van der Waals surface area contributed by atoms with Gasteiger partial charge in [-0.25, -0.2) is 5.43 Å². The zero-order valence-electron chi connectivity index (χ0n) is 11.2. The molecule has 1 atom stereocenters. The summed E-state index contributed by atoms with van der Waals surface area (Å²) in [6, 6.07) is 10.1. The lowest BCUT2D eigenvalue weighted by Crippen LogP contribution is -2.29. The minimum absolute atomic E-state index is 0.100. The van der Waals surface area contributed by atoms with Crippen molar-refractivity contribution in [2.75, 3.05) is 0 Å². The third-order valence-corrected chi connectivity index (χ3v) is 3.55. The van der Waals surface area contributed by atoms with Gasteiger partial charge in [-0.2, -0.15) is 0 Å². The molecule has 3 rings (SSSR count). The van der Waals surface area contributed by atoms with E-state index in [-0.39, 0.29) is 6.04 Å². The fourth-order valence-electron chi connectivity index (χ4n) is 2.53. The van der Waals surface area contributed by atoms with E-state index in [1.165, 1.54) is 0 Å². The molecule has 3 aromatic rings. The lowest BCUT2D eigenvalue weighted by atomic mass is 9.94. The molecule has 100 valence electrons. The molecule has 0 saturated heterocycles. The van der Waals surface area contributed by atoms with E-state index in [0.717, 1.165) is 27.5 Å². The van der Waals surface area contributed by atoms with E-state index in [2.05, 4.69) is 27.5 Å². The summed E-state index contributed by atoms with van der Waals surface area (Å²) in [6.07, 6.45) is 7.36. The summed E-state index contributed by atoms with van der Waals surface area (Å²) in [5, 5.41) is 2.26. The molecule has 0 aliphatic heterocycles. The minimum Gasteiger partial charge on any atom is -0.271 e. The van der Waals surface area contributed by atoms with E-state index in [0.29, 0.717) is 0 Å². The molecule has 0 fully saturated rings. The number of hydrogen-bond acceptors (Lipinski definition) is 4. The maximum atomic E-state index is 5.80. The molecule has 0 aliphatic carbocycles. The Bertz CT molecular complexity index is 734. The van der Waals surface area contributed by atoms with Gasteiger partial charge >= 0.3 is 0 Å². The number of aryl methyl sites for hydroxylation is 1. The van der Waals surface area contributed by atoms with E-state index < -0.39 is 0 Å². The molecule has 2 heterocycles. The second-order valence-corrected chi connectivity index (χ2v) is 4.78. The highest BCUT2D eigenvalue weighted by Gasteiger charge is 2.17. The lowest BCUT2D eigenvalue weighted by Gasteiger charge is -2.20. The Kier molecular flexibility index (Phi) is 3.41. The van der Waals surface area contributed by atoms with Gasteiger partial charge in [0.15, 0.2) is 0 Å². The van der Waals surface area contributed by atoms with Crippen molar-refractivity contribution >= 4 is 10.8 Å². The molecule has 20 heavy (non-hydrogen) atoms. The molecule has 0 spiro atoms. The Labute approximate surface area is 117 Å². The van der Waals surface area contributed by atoms with E-state index in [9.17, 15) is 0 Å². The highest BCUT2D eigenvalue weighted by Crippen LogP contribution is 2.28. The Morgan fingerprint density at radius 1 is 1.00 bits per heavy atom. The van der Waals surface area contributed by atoms with Gasteiger partial charge in [-0.05, 0) is 29.5 Å². The summed E-state index contributed by atoms with van der Waals surface area (Å²) in [5.74, 6) is 5.80. The van der Waals surface area contributed by atoms with E-state index in [4.69, 9.17) is 5.84 Å². The highest BCUT2D eigenvalue weighted by atomic mass is 15.2. The molecular formula is C16H16N4. The van der Waals surface area contributed by atoms with Gasteiger partial charge in [-0.3, -0.25) is 15.8 Å². The molecule has 1 unspecified atom stereocenters. The van der Waals surface area contributed by atoms with E-state index in [1.54, 1.807) is 6.20 Å². The number of aromatic nitrogens is 2. The first kappa shape index (κ1) is 12.7. The number of hydrazine groups is 1. The topological polar surface area (TPSA) is 63.8 Å². The van der Waals surface area contributed by atoms with Crippen LogP contribution in [0.2, 0.25) is 0 Å². The van der Waals surface area contributed by atoms with Crippen molar-refractivity contribution in [3.8, 4) is 0 Å². The summed E-state index contributed by atoms with van der Waals surface area (Å²) in [7, 11) is 0. The molecule has 0 aliphatic rings. The van der Waals surface area contributed by atoms with E-state index >= 15 is 0 Å². The fraction of sp³-hybridized carbons (Fsp3) is 0.125. The van der Waals surface area contributed by atoms with Crippen LogP contribution in [0.1, 0.15) is 22.7 Å². The van der Waals surface area contributed by atoms with Crippen molar-refractivity contribution in [2.45, 2.75) is 13.0 Å². The average molecular weight is 264 g/mol. The summed E-state index contributed by atoms with van der Waals surface area (Å²) >= 11 is 0. The van der Waals surface area contributed by atoms with Crippen LogP contribution in [0.4, 0.5) is 0 Å². The smallest absolute Gasteiger partial charge is 0.0734 e. The molecule has 4 heteroatoms. The number of nitrogens with one attached hydrogen (secondary N) is 1. The number of benzene rings is 1. The van der Waals surface area contributed by atoms with Gasteiger partial charge in [0.1, 0.15) is 0 Å². The quantitative estimate of drug-likeness (QED) is 0.563. The van der Waals surface area contributed by atoms with Crippen LogP contribution in [0.5, 0.6) is 0 Å². The Morgan fingerprint density at radius 3 is 2.65 bits per heavy atom. The molecular weight excluding hydrogens is 248 g/mol. The predicted molar refractivity (Wildman–Crippen MR) is 79.9 cm³/mol. The standard InChI is InChI=1S/C16H16N4/c1-11-8-18-7-6-13(11)16(20-17)15-10-19-9-12-4-2-3-5-14(12)15/h2-10,16,20H,17H2,1H3. The van der Waals surface area contributed by atoms with Crippen molar-refractivity contribution in [1.29, 1.82) is 0 Å². The predicted octanol–water partition coefficient (Wildman–Crippen LogP) is 2.49. The van der Waals surface area contributed by atoms with Crippen molar-refractivity contribution in [3.63, 3.8) is 0 Å². The SMILES string of the molecule is Cc1cnccc1C(NN)c1cncc2ccccc12. The maximum Gasteiger partial charge on any atom is 0.0734 e. The van der Waals surface area contributed by atoms with Crippen LogP contribution in [0.15, 0.2) is 55.1 Å². The van der Waals surface area contributed by atoms with Crippen molar-refractivity contribution < 1.29 is 0 Å². The number of nitrogens with two attached hydrogens (primary N) is 1. The first-order chi connectivity index (χ1) is 9.81. The molecule has 0 radical (unpaired) electrons. The first-order valence-corrected chi connectivity index (χ1v) is 6.50. The van der Waals surface area contributed by atoms with Gasteiger partial charge in [0, 0.05) is 35.7 Å². The van der Waals surface area contributed by atoms with Crippen LogP contribution in [0.3, 0.4) is 0 Å². The Balaban J connectivity index is 2.20. The lowest BCUT2D eigenvalue weighted by molar-refractivity contribution is 0.635. The summed E-state index contributed by atoms with van der Waals surface area (Å²) < 4.78 is 0. The molecule has 0 bridgehead atoms. The van der Waals surface area contributed by atoms with Gasteiger partial charge in [0.05, 0.1) is 6.04 Å². The number of fused-ring (bicyclic) bond motifs is 1. The van der Waals surface area contributed by atoms with E-state index in [1.807, 2.05) is 43.7 Å². The number of rotatable bonds is 3. The average Bonchev–Trinajstić information content (AvgIpc) is 2.50. The summed E-state index contributed by atoms with van der Waals surface area (Å²) in [6.45, 7) is 2.03. The normalized spacial score (nSPS) is 12.5. The molecule has 0 amide bonds. The van der Waals surface area contributed by atoms with Crippen molar-refractivity contribution in [3.05, 3.63) is 71.8 Å². The van der Waals surface area contributed by atoms with Crippen molar-refractivity contribution in [2.24, 2.45) is 5.84 Å². The maximum absolute atomic E-state index is 5.80. The zero-order chi connectivity index (χ0) is 13.9. The number of hydrogen-bond donors (Lipinski definition) is 2. The monoisotopic (exact) mass is 264 g/mol. The molecule has 0 saturated carbocycles. The van der Waals surface area contributed by atoms with Crippen LogP contribution in [-0.2, 0) is 0 Å². The second-order valence-electron chi connectivity index (χ2n) is 4.78. The van der Waals surface area contributed by atoms with Crippen LogP contribution in [-0.4, -0.2) is 9.97 Å². The third-order valence-electron chi connectivity index (χ3n) is 3.55. The molecule has 1 aromatic carbocycles. The number of pyridine rings is 2. The van der Waals surface area contributed by atoms with Crippen LogP contribution < -0.4 is 11.3 Å². The van der Waals surface area contributed by atoms with Gasteiger partial charge in [0.2, 0.25) is 0 Å². The second kappa shape index (κ2) is 5.36. The van der Waals surface area contributed by atoms with Gasteiger partial charge in [0.25, 0.3) is 0 Å². The first-order valence-electron chi connectivity index (χ1n) is 6.50. The Morgan fingerprint density at radius 2 is 1.85 bits per heavy atom. The molecule has 2 aromatic heterocycles. The van der Waals surface area contributed by atoms with Gasteiger partial charge in [-0.15, -0.1) is 0 Å². The fourth-order valence-corrected chi connectivity index (χ4v) is 2.53. The largest absolute Gasteiger partial charge is 0.271 e. The summed E-state index contributed by atoms with van der Waals surface area (Å²) in [5.41, 5.74) is 6.18. The van der Waals surface area contributed by atoms with Gasteiger partial charge < -0.3 is 0 Å². The van der Waals surface area contributed by atoms with Crippen LogP contribution in [0.25, 0.3) is 10.8 Å². The number of nitrogens with zero attached hydrogens (tertiary/aromatic N) is 2. The minimum atomic E-state index is -0.100. The van der Waals surface area contributed by atoms with Crippen LogP contribution in [0, 0.1) is 6.92 Å². The van der Waals surface area contributed by atoms with Crippen LogP contribution >= 0.6 is 0 Å². The molecule has 4 nitrogen and oxygen atoms in total. The summed E-state index contributed by atoms with van der Waals surface area (Å²) in [4.78, 5) is 8.46. The third kappa shape index (κ3) is 2.15. The van der Waals surface area contributed by atoms with Gasteiger partial charge in [-0.1, -0.05) is 24.3 Å². The molecule has 3 N–H and O–H groups in total. The zero-order valence-corrected chi connectivity index (χ0v) is 11.2. The van der Waals surface area contributed by atoms with Crippen molar-refractivity contribution in [1.82, 2.24) is 15.4 Å². The Hall–Kier alpha value is -2.30.